The molecular weight excluding hydrogens is 350 g/mol. The number of nitrogens with zero attached hydrogens (tertiary/aromatic N) is 1. The van der Waals surface area contributed by atoms with E-state index in [9.17, 15) is 13.2 Å². The summed E-state index contributed by atoms with van der Waals surface area (Å²) >= 11 is 0. The molecular formula is C19H33N3O3S. The highest BCUT2D eigenvalue weighted by atomic mass is 32.2. The van der Waals surface area contributed by atoms with E-state index in [0.29, 0.717) is 18.8 Å². The number of nitrogens with one attached hydrogen (secondary N) is 1. The van der Waals surface area contributed by atoms with Crippen molar-refractivity contribution in [2.24, 2.45) is 5.14 Å². The van der Waals surface area contributed by atoms with Gasteiger partial charge in [-0.2, -0.15) is 0 Å². The Hall–Kier alpha value is -1.60. The Kier molecular flexibility index (Phi) is 10.3. The minimum Gasteiger partial charge on any atom is -0.325 e. The molecule has 1 rings (SSSR count). The van der Waals surface area contributed by atoms with Crippen LogP contribution in [0.5, 0.6) is 0 Å². The third-order valence-corrected chi connectivity index (χ3v) is 5.18. The van der Waals surface area contributed by atoms with Crippen LogP contribution in [-0.2, 0) is 10.0 Å². The molecule has 2 amide bonds. The smallest absolute Gasteiger partial charge is 0.321 e. The molecule has 0 saturated carbocycles. The van der Waals surface area contributed by atoms with E-state index >= 15 is 0 Å². The molecule has 0 saturated heterocycles. The van der Waals surface area contributed by atoms with Crippen LogP contribution in [0, 0.1) is 0 Å². The molecule has 3 N–H and O–H groups in total. The lowest BCUT2D eigenvalue weighted by atomic mass is 10.2. The number of sulfonamides is 1. The number of carbonyl (C=O) groups is 1. The van der Waals surface area contributed by atoms with E-state index in [4.69, 9.17) is 5.14 Å². The van der Waals surface area contributed by atoms with Crippen molar-refractivity contribution < 1.29 is 13.2 Å². The maximum atomic E-state index is 12.6. The highest BCUT2D eigenvalue weighted by molar-refractivity contribution is 7.89. The van der Waals surface area contributed by atoms with E-state index in [2.05, 4.69) is 19.2 Å². The monoisotopic (exact) mass is 383 g/mol. The van der Waals surface area contributed by atoms with Gasteiger partial charge in [0.1, 0.15) is 0 Å². The fourth-order valence-electron chi connectivity index (χ4n) is 2.73. The molecule has 0 aromatic heterocycles. The quantitative estimate of drug-likeness (QED) is 0.526. The molecule has 6 nitrogen and oxygen atoms in total. The van der Waals surface area contributed by atoms with Gasteiger partial charge in [-0.05, 0) is 31.0 Å². The Morgan fingerprint density at radius 1 is 1.00 bits per heavy atom. The molecule has 0 radical (unpaired) electrons. The van der Waals surface area contributed by atoms with Crippen molar-refractivity contribution in [3.63, 3.8) is 0 Å². The number of hydrogen-bond acceptors (Lipinski definition) is 3. The second-order valence-electron chi connectivity index (χ2n) is 6.61. The molecule has 148 valence electrons. The molecule has 1 aromatic carbocycles. The summed E-state index contributed by atoms with van der Waals surface area (Å²) in [5, 5.41) is 7.96. The van der Waals surface area contributed by atoms with Crippen molar-refractivity contribution >= 4 is 21.7 Å². The maximum absolute atomic E-state index is 12.6. The van der Waals surface area contributed by atoms with Gasteiger partial charge in [0.2, 0.25) is 10.0 Å². The lowest BCUT2D eigenvalue weighted by Crippen LogP contribution is -2.36. The number of urea groups is 1. The minimum atomic E-state index is -3.79. The summed E-state index contributed by atoms with van der Waals surface area (Å²) in [5.41, 5.74) is 0.439. The predicted octanol–water partition coefficient (Wildman–Crippen LogP) is 4.33. The van der Waals surface area contributed by atoms with E-state index in [1.807, 2.05) is 4.90 Å². The number of amides is 2. The van der Waals surface area contributed by atoms with Gasteiger partial charge < -0.3 is 10.2 Å². The van der Waals surface area contributed by atoms with Gasteiger partial charge in [0.05, 0.1) is 4.90 Å². The predicted molar refractivity (Wildman–Crippen MR) is 107 cm³/mol. The molecule has 0 unspecified atom stereocenters. The summed E-state index contributed by atoms with van der Waals surface area (Å²) in [5.74, 6) is 0. The van der Waals surface area contributed by atoms with Crippen LogP contribution in [0.15, 0.2) is 29.2 Å². The molecule has 0 aliphatic carbocycles. The van der Waals surface area contributed by atoms with Crippen molar-refractivity contribution in [2.45, 2.75) is 70.1 Å². The number of hydrogen-bond donors (Lipinski definition) is 2. The fourth-order valence-corrected chi connectivity index (χ4v) is 3.29. The van der Waals surface area contributed by atoms with Gasteiger partial charge in [0.25, 0.3) is 0 Å². The second kappa shape index (κ2) is 11.9. The maximum Gasteiger partial charge on any atom is 0.321 e. The summed E-state index contributed by atoms with van der Waals surface area (Å²) in [7, 11) is -3.79. The zero-order chi connectivity index (χ0) is 19.4. The van der Waals surface area contributed by atoms with Crippen molar-refractivity contribution in [3.05, 3.63) is 24.3 Å². The normalized spacial score (nSPS) is 11.3. The second-order valence-corrected chi connectivity index (χ2v) is 8.17. The molecule has 0 aliphatic heterocycles. The molecule has 26 heavy (non-hydrogen) atoms. The average molecular weight is 384 g/mol. The van der Waals surface area contributed by atoms with Crippen molar-refractivity contribution in [1.29, 1.82) is 0 Å². The summed E-state index contributed by atoms with van der Waals surface area (Å²) < 4.78 is 22.9. The largest absolute Gasteiger partial charge is 0.325 e. The molecule has 0 aliphatic rings. The molecule has 0 bridgehead atoms. The Labute approximate surface area is 158 Å². The van der Waals surface area contributed by atoms with Crippen LogP contribution in [0.1, 0.15) is 65.2 Å². The number of rotatable bonds is 12. The first-order valence-electron chi connectivity index (χ1n) is 9.57. The van der Waals surface area contributed by atoms with Crippen molar-refractivity contribution in [2.75, 3.05) is 18.4 Å². The van der Waals surface area contributed by atoms with Crippen molar-refractivity contribution in [3.8, 4) is 0 Å². The SMILES string of the molecule is CCCCCCN(CCCCCC)C(=O)Nc1cccc(S(N)(=O)=O)c1. The number of unbranched alkanes of at least 4 members (excludes halogenated alkanes) is 6. The Balaban J connectivity index is 2.70. The standard InChI is InChI=1S/C19H33N3O3S/c1-3-5-7-9-14-22(15-10-8-6-4-2)19(23)21-17-12-11-13-18(16-17)26(20,24)25/h11-13,16H,3-10,14-15H2,1-2H3,(H,21,23)(H2,20,24,25). The number of benzene rings is 1. The molecule has 0 atom stereocenters. The van der Waals surface area contributed by atoms with E-state index in [0.717, 1.165) is 38.5 Å². The van der Waals surface area contributed by atoms with E-state index < -0.39 is 10.0 Å². The number of primary sulfonamides is 1. The first kappa shape index (κ1) is 22.4. The first-order valence-corrected chi connectivity index (χ1v) is 11.1. The van der Waals surface area contributed by atoms with Gasteiger partial charge in [-0.3, -0.25) is 0 Å². The average Bonchev–Trinajstić information content (AvgIpc) is 2.59. The van der Waals surface area contributed by atoms with Crippen LogP contribution >= 0.6 is 0 Å². The van der Waals surface area contributed by atoms with Gasteiger partial charge in [-0.25, -0.2) is 18.4 Å². The lowest BCUT2D eigenvalue weighted by Gasteiger charge is -2.23. The Morgan fingerprint density at radius 2 is 1.58 bits per heavy atom. The Bertz CT molecular complexity index is 635. The highest BCUT2D eigenvalue weighted by Crippen LogP contribution is 2.15. The number of carbonyl (C=O) groups excluding carboxylic acids is 1. The third-order valence-electron chi connectivity index (χ3n) is 4.26. The fraction of sp³-hybridized carbons (Fsp3) is 0.632. The Morgan fingerprint density at radius 3 is 2.08 bits per heavy atom. The van der Waals surface area contributed by atoms with Gasteiger partial charge >= 0.3 is 6.03 Å². The van der Waals surface area contributed by atoms with E-state index in [1.165, 1.54) is 25.0 Å². The van der Waals surface area contributed by atoms with Crippen LogP contribution < -0.4 is 10.5 Å². The van der Waals surface area contributed by atoms with Crippen LogP contribution in [-0.4, -0.2) is 32.4 Å². The molecule has 0 heterocycles. The minimum absolute atomic E-state index is 0.00672. The summed E-state index contributed by atoms with van der Waals surface area (Å²) in [6, 6.07) is 5.85. The van der Waals surface area contributed by atoms with E-state index in [-0.39, 0.29) is 10.9 Å². The van der Waals surface area contributed by atoms with Gasteiger partial charge in [-0.15, -0.1) is 0 Å². The van der Waals surface area contributed by atoms with Crippen LogP contribution in [0.3, 0.4) is 0 Å². The number of anilines is 1. The first-order chi connectivity index (χ1) is 12.4. The molecule has 7 heteroatoms. The summed E-state index contributed by atoms with van der Waals surface area (Å²) in [6.07, 6.45) is 8.82. The van der Waals surface area contributed by atoms with Crippen LogP contribution in [0.2, 0.25) is 0 Å². The molecule has 0 fully saturated rings. The zero-order valence-corrected chi connectivity index (χ0v) is 16.9. The topological polar surface area (TPSA) is 92.5 Å². The van der Waals surface area contributed by atoms with Gasteiger partial charge in [0.15, 0.2) is 0 Å². The molecule has 1 aromatic rings. The lowest BCUT2D eigenvalue weighted by molar-refractivity contribution is 0.209. The third kappa shape index (κ3) is 8.67. The van der Waals surface area contributed by atoms with Crippen LogP contribution in [0.25, 0.3) is 0 Å². The zero-order valence-electron chi connectivity index (χ0n) is 16.0. The van der Waals surface area contributed by atoms with Crippen LogP contribution in [0.4, 0.5) is 10.5 Å². The molecule has 0 spiro atoms. The summed E-state index contributed by atoms with van der Waals surface area (Å²) in [6.45, 7) is 5.75. The summed E-state index contributed by atoms with van der Waals surface area (Å²) in [4.78, 5) is 14.5. The van der Waals surface area contributed by atoms with E-state index in [1.54, 1.807) is 12.1 Å². The highest BCUT2D eigenvalue weighted by Gasteiger charge is 2.14. The van der Waals surface area contributed by atoms with Crippen molar-refractivity contribution in [1.82, 2.24) is 4.90 Å². The number of nitrogens with two attached hydrogens (primary N) is 1. The van der Waals surface area contributed by atoms with Gasteiger partial charge in [-0.1, -0.05) is 58.4 Å². The van der Waals surface area contributed by atoms with Gasteiger partial charge in [0, 0.05) is 18.8 Å².